The van der Waals surface area contributed by atoms with Gasteiger partial charge in [0, 0.05) is 24.7 Å². The summed E-state index contributed by atoms with van der Waals surface area (Å²) in [6, 6.07) is 10.6. The lowest BCUT2D eigenvalue weighted by atomic mass is 10.0. The number of benzene rings is 1. The van der Waals surface area contributed by atoms with Gasteiger partial charge in [-0.15, -0.1) is 0 Å². The molecule has 0 N–H and O–H groups in total. The van der Waals surface area contributed by atoms with Crippen LogP contribution in [0.2, 0.25) is 0 Å². The fourth-order valence-electron chi connectivity index (χ4n) is 2.30. The number of rotatable bonds is 4. The minimum Gasteiger partial charge on any atom is -0.265 e. The Morgan fingerprint density at radius 2 is 1.50 bits per heavy atom. The molecule has 24 heavy (non-hydrogen) atoms. The molecule has 0 fully saturated rings. The van der Waals surface area contributed by atoms with Crippen LogP contribution in [0, 0.1) is 20.2 Å². The van der Waals surface area contributed by atoms with Crippen LogP contribution in [0.25, 0.3) is 22.4 Å². The predicted octanol–water partition coefficient (Wildman–Crippen LogP) is 3.63. The van der Waals surface area contributed by atoms with E-state index in [0.717, 1.165) is 17.2 Å². The highest BCUT2D eigenvalue weighted by Gasteiger charge is 2.21. The molecular formula is C16H10N4O4. The molecule has 0 aliphatic carbocycles. The number of hydrogen-bond acceptors (Lipinski definition) is 6. The standard InChI is InChI=1S/C16H10N4O4/c21-19(22)13-1-2-14(16(10-13)20(23)24)15-9-12(5-8-18-15)11-3-6-17-7-4-11/h1-10H. The Labute approximate surface area is 135 Å². The van der Waals surface area contributed by atoms with E-state index in [-0.39, 0.29) is 16.9 Å². The van der Waals surface area contributed by atoms with Crippen molar-refractivity contribution in [1.82, 2.24) is 9.97 Å². The molecule has 0 bridgehead atoms. The van der Waals surface area contributed by atoms with Crippen molar-refractivity contribution in [3.63, 3.8) is 0 Å². The maximum absolute atomic E-state index is 11.3. The van der Waals surface area contributed by atoms with Crippen molar-refractivity contribution in [1.29, 1.82) is 0 Å². The average molecular weight is 322 g/mol. The lowest BCUT2D eigenvalue weighted by molar-refractivity contribution is -0.393. The second-order valence-corrected chi connectivity index (χ2v) is 4.88. The van der Waals surface area contributed by atoms with E-state index in [1.165, 1.54) is 18.3 Å². The van der Waals surface area contributed by atoms with Crippen LogP contribution in [0.5, 0.6) is 0 Å². The lowest BCUT2D eigenvalue weighted by Crippen LogP contribution is -1.96. The minimum atomic E-state index is -0.669. The van der Waals surface area contributed by atoms with E-state index in [1.54, 1.807) is 24.5 Å². The Morgan fingerprint density at radius 1 is 0.792 bits per heavy atom. The number of nitro benzene ring substituents is 2. The average Bonchev–Trinajstić information content (AvgIpc) is 2.62. The number of nitrogens with zero attached hydrogens (tertiary/aromatic N) is 4. The van der Waals surface area contributed by atoms with Crippen molar-refractivity contribution < 1.29 is 9.85 Å². The molecule has 0 unspecified atom stereocenters. The van der Waals surface area contributed by atoms with Crippen LogP contribution in [0.1, 0.15) is 0 Å². The molecule has 2 aromatic heterocycles. The van der Waals surface area contributed by atoms with Gasteiger partial charge in [0.05, 0.1) is 27.2 Å². The summed E-state index contributed by atoms with van der Waals surface area (Å²) in [5, 5.41) is 22.1. The first-order chi connectivity index (χ1) is 11.6. The van der Waals surface area contributed by atoms with Crippen LogP contribution in [0.3, 0.4) is 0 Å². The van der Waals surface area contributed by atoms with Gasteiger partial charge in [-0.2, -0.15) is 0 Å². The van der Waals surface area contributed by atoms with E-state index in [1.807, 2.05) is 12.1 Å². The monoisotopic (exact) mass is 322 g/mol. The van der Waals surface area contributed by atoms with Crippen molar-refractivity contribution in [2.24, 2.45) is 0 Å². The van der Waals surface area contributed by atoms with Crippen LogP contribution >= 0.6 is 0 Å². The van der Waals surface area contributed by atoms with Crippen LogP contribution in [-0.4, -0.2) is 19.8 Å². The Hall–Kier alpha value is -3.68. The first-order valence-corrected chi connectivity index (χ1v) is 6.86. The van der Waals surface area contributed by atoms with Crippen LogP contribution < -0.4 is 0 Å². The number of non-ortho nitro benzene ring substituents is 1. The van der Waals surface area contributed by atoms with Gasteiger partial charge in [-0.1, -0.05) is 0 Å². The van der Waals surface area contributed by atoms with Crippen molar-refractivity contribution in [2.45, 2.75) is 0 Å². The highest BCUT2D eigenvalue weighted by Crippen LogP contribution is 2.33. The zero-order valence-corrected chi connectivity index (χ0v) is 12.2. The fourth-order valence-corrected chi connectivity index (χ4v) is 2.30. The fraction of sp³-hybridized carbons (Fsp3) is 0. The van der Waals surface area contributed by atoms with Crippen molar-refractivity contribution in [3.8, 4) is 22.4 Å². The summed E-state index contributed by atoms with van der Waals surface area (Å²) in [7, 11) is 0. The number of aromatic nitrogens is 2. The molecule has 0 atom stereocenters. The van der Waals surface area contributed by atoms with Crippen LogP contribution in [0.4, 0.5) is 11.4 Å². The van der Waals surface area contributed by atoms with Gasteiger partial charge in [-0.3, -0.25) is 30.2 Å². The second-order valence-electron chi connectivity index (χ2n) is 4.88. The van der Waals surface area contributed by atoms with E-state index < -0.39 is 9.85 Å². The van der Waals surface area contributed by atoms with Gasteiger partial charge >= 0.3 is 0 Å². The summed E-state index contributed by atoms with van der Waals surface area (Å²) >= 11 is 0. The largest absolute Gasteiger partial charge is 0.285 e. The molecule has 0 amide bonds. The van der Waals surface area contributed by atoms with E-state index >= 15 is 0 Å². The maximum Gasteiger partial charge on any atom is 0.285 e. The molecule has 3 rings (SSSR count). The zero-order chi connectivity index (χ0) is 17.1. The molecule has 3 aromatic rings. The zero-order valence-electron chi connectivity index (χ0n) is 12.2. The maximum atomic E-state index is 11.3. The quantitative estimate of drug-likeness (QED) is 0.535. The topological polar surface area (TPSA) is 112 Å². The molecule has 0 saturated carbocycles. The van der Waals surface area contributed by atoms with Gasteiger partial charge in [0.15, 0.2) is 0 Å². The lowest BCUT2D eigenvalue weighted by Gasteiger charge is -2.06. The minimum absolute atomic E-state index is 0.224. The molecule has 2 heterocycles. The Morgan fingerprint density at radius 3 is 2.17 bits per heavy atom. The van der Waals surface area contributed by atoms with Gasteiger partial charge in [-0.25, -0.2) is 0 Å². The van der Waals surface area contributed by atoms with Gasteiger partial charge in [-0.05, 0) is 41.5 Å². The Bertz CT molecular complexity index is 928. The molecule has 1 aromatic carbocycles. The highest BCUT2D eigenvalue weighted by molar-refractivity contribution is 5.76. The highest BCUT2D eigenvalue weighted by atomic mass is 16.6. The second kappa shape index (κ2) is 6.21. The summed E-state index contributed by atoms with van der Waals surface area (Å²) in [6.45, 7) is 0. The summed E-state index contributed by atoms with van der Waals surface area (Å²) in [5.41, 5.74) is 1.60. The van der Waals surface area contributed by atoms with E-state index in [0.29, 0.717) is 5.69 Å². The van der Waals surface area contributed by atoms with Crippen molar-refractivity contribution >= 4 is 11.4 Å². The Kier molecular flexibility index (Phi) is 3.94. The first kappa shape index (κ1) is 15.2. The van der Waals surface area contributed by atoms with Crippen molar-refractivity contribution in [3.05, 3.63) is 81.3 Å². The number of nitro groups is 2. The third kappa shape index (κ3) is 2.93. The van der Waals surface area contributed by atoms with Gasteiger partial charge < -0.3 is 0 Å². The summed E-state index contributed by atoms with van der Waals surface area (Å²) in [4.78, 5) is 28.9. The molecule has 8 nitrogen and oxygen atoms in total. The van der Waals surface area contributed by atoms with Crippen LogP contribution in [0.15, 0.2) is 61.1 Å². The van der Waals surface area contributed by atoms with Gasteiger partial charge in [0.2, 0.25) is 0 Å². The normalized spacial score (nSPS) is 10.3. The predicted molar refractivity (Wildman–Crippen MR) is 86.2 cm³/mol. The molecule has 118 valence electrons. The molecule has 0 radical (unpaired) electrons. The molecule has 0 aliphatic heterocycles. The number of pyridine rings is 2. The molecule has 0 saturated heterocycles. The summed E-state index contributed by atoms with van der Waals surface area (Å²) in [6.07, 6.45) is 4.82. The van der Waals surface area contributed by atoms with E-state index in [9.17, 15) is 20.2 Å². The smallest absolute Gasteiger partial charge is 0.265 e. The SMILES string of the molecule is O=[N+]([O-])c1ccc(-c2cc(-c3ccncc3)ccn2)c([N+](=O)[O-])c1. The van der Waals surface area contributed by atoms with E-state index in [2.05, 4.69) is 9.97 Å². The third-order valence-corrected chi connectivity index (χ3v) is 3.44. The Balaban J connectivity index is 2.13. The molecular weight excluding hydrogens is 312 g/mol. The van der Waals surface area contributed by atoms with Gasteiger partial charge in [0.25, 0.3) is 11.4 Å². The molecule has 8 heteroatoms. The summed E-state index contributed by atoms with van der Waals surface area (Å²) in [5.74, 6) is 0. The molecule has 0 aliphatic rings. The summed E-state index contributed by atoms with van der Waals surface area (Å²) < 4.78 is 0. The van der Waals surface area contributed by atoms with Gasteiger partial charge in [0.1, 0.15) is 0 Å². The van der Waals surface area contributed by atoms with Crippen molar-refractivity contribution in [2.75, 3.05) is 0 Å². The van der Waals surface area contributed by atoms with E-state index in [4.69, 9.17) is 0 Å². The van der Waals surface area contributed by atoms with Crippen LogP contribution in [-0.2, 0) is 0 Å². The molecule has 0 spiro atoms. The first-order valence-electron chi connectivity index (χ1n) is 6.86. The number of hydrogen-bond donors (Lipinski definition) is 0. The third-order valence-electron chi connectivity index (χ3n) is 3.44.